The van der Waals surface area contributed by atoms with Crippen LogP contribution in [-0.2, 0) is 11.3 Å². The van der Waals surface area contributed by atoms with Crippen LogP contribution in [0, 0.1) is 5.82 Å². The third-order valence-corrected chi connectivity index (χ3v) is 3.99. The van der Waals surface area contributed by atoms with Crippen LogP contribution in [-0.4, -0.2) is 30.7 Å². The molecule has 0 bridgehead atoms. The van der Waals surface area contributed by atoms with Gasteiger partial charge in [0.15, 0.2) is 0 Å². The predicted molar refractivity (Wildman–Crippen MR) is 69.4 cm³/mol. The molecule has 1 aromatic rings. The quantitative estimate of drug-likeness (QED) is 0.850. The Hall–Kier alpha value is -0.450. The van der Waals surface area contributed by atoms with Crippen molar-refractivity contribution in [3.8, 4) is 0 Å². The second kappa shape index (κ2) is 5.94. The third kappa shape index (κ3) is 3.27. The van der Waals surface area contributed by atoms with Crippen molar-refractivity contribution in [2.24, 2.45) is 0 Å². The Morgan fingerprint density at radius 2 is 2.35 bits per heavy atom. The van der Waals surface area contributed by atoms with E-state index in [9.17, 15) is 4.39 Å². The molecular weight excluding hydrogens is 285 g/mol. The highest BCUT2D eigenvalue weighted by atomic mass is 79.9. The highest BCUT2D eigenvalue weighted by molar-refractivity contribution is 9.10. The molecule has 1 saturated heterocycles. The van der Waals surface area contributed by atoms with Crippen LogP contribution >= 0.6 is 15.9 Å². The minimum absolute atomic E-state index is 0.192. The number of benzene rings is 1. The van der Waals surface area contributed by atoms with Crippen molar-refractivity contribution >= 4 is 15.9 Å². The SMILES string of the molecule is CCC1CN(Cc2cccc(F)c2Br)CCO1. The maximum Gasteiger partial charge on any atom is 0.137 e. The molecule has 0 aromatic heterocycles. The number of rotatable bonds is 3. The van der Waals surface area contributed by atoms with Gasteiger partial charge in [-0.2, -0.15) is 0 Å². The van der Waals surface area contributed by atoms with Crippen molar-refractivity contribution in [2.45, 2.75) is 26.0 Å². The van der Waals surface area contributed by atoms with E-state index >= 15 is 0 Å². The number of hydrogen-bond donors (Lipinski definition) is 0. The summed E-state index contributed by atoms with van der Waals surface area (Å²) in [7, 11) is 0. The molecule has 1 heterocycles. The summed E-state index contributed by atoms with van der Waals surface area (Å²) in [6.45, 7) is 5.52. The van der Waals surface area contributed by atoms with Crippen LogP contribution < -0.4 is 0 Å². The average Bonchev–Trinajstić information content (AvgIpc) is 2.35. The second-order valence-corrected chi connectivity index (χ2v) is 5.14. The van der Waals surface area contributed by atoms with Gasteiger partial charge in [-0.05, 0) is 34.0 Å². The Morgan fingerprint density at radius 3 is 3.12 bits per heavy atom. The van der Waals surface area contributed by atoms with Gasteiger partial charge in [-0.3, -0.25) is 4.90 Å². The zero-order valence-corrected chi connectivity index (χ0v) is 11.5. The van der Waals surface area contributed by atoms with E-state index < -0.39 is 0 Å². The largest absolute Gasteiger partial charge is 0.376 e. The Bertz CT molecular complexity index is 386. The van der Waals surface area contributed by atoms with Crippen LogP contribution in [0.25, 0.3) is 0 Å². The monoisotopic (exact) mass is 301 g/mol. The van der Waals surface area contributed by atoms with E-state index in [4.69, 9.17) is 4.74 Å². The molecule has 1 aromatic carbocycles. The predicted octanol–water partition coefficient (Wildman–Crippen LogP) is 3.20. The van der Waals surface area contributed by atoms with Gasteiger partial charge in [0.1, 0.15) is 5.82 Å². The number of hydrogen-bond acceptors (Lipinski definition) is 2. The fraction of sp³-hybridized carbons (Fsp3) is 0.538. The van der Waals surface area contributed by atoms with Gasteiger partial charge in [0, 0.05) is 19.6 Å². The van der Waals surface area contributed by atoms with Gasteiger partial charge in [0.25, 0.3) is 0 Å². The molecule has 1 unspecified atom stereocenters. The first-order chi connectivity index (χ1) is 8.20. The average molecular weight is 302 g/mol. The first-order valence-corrected chi connectivity index (χ1v) is 6.77. The molecule has 0 spiro atoms. The summed E-state index contributed by atoms with van der Waals surface area (Å²) in [5.41, 5.74) is 1.00. The van der Waals surface area contributed by atoms with Gasteiger partial charge < -0.3 is 4.74 Å². The van der Waals surface area contributed by atoms with E-state index in [1.165, 1.54) is 6.07 Å². The molecule has 2 nitrogen and oxygen atoms in total. The zero-order chi connectivity index (χ0) is 12.3. The van der Waals surface area contributed by atoms with Crippen molar-refractivity contribution < 1.29 is 9.13 Å². The highest BCUT2D eigenvalue weighted by Crippen LogP contribution is 2.22. The van der Waals surface area contributed by atoms with Gasteiger partial charge in [-0.25, -0.2) is 4.39 Å². The molecule has 0 saturated carbocycles. The zero-order valence-electron chi connectivity index (χ0n) is 9.96. The standard InChI is InChI=1S/C13H17BrFNO/c1-2-11-9-16(6-7-17-11)8-10-4-3-5-12(15)13(10)14/h3-5,11H,2,6-9H2,1H3. The fourth-order valence-electron chi connectivity index (χ4n) is 2.08. The Balaban J connectivity index is 2.02. The minimum Gasteiger partial charge on any atom is -0.376 e. The molecule has 17 heavy (non-hydrogen) atoms. The summed E-state index contributed by atoms with van der Waals surface area (Å²) in [5.74, 6) is -0.192. The van der Waals surface area contributed by atoms with Gasteiger partial charge in [0.2, 0.25) is 0 Å². The molecule has 0 amide bonds. The molecule has 0 radical (unpaired) electrons. The first-order valence-electron chi connectivity index (χ1n) is 5.97. The lowest BCUT2D eigenvalue weighted by Gasteiger charge is -2.32. The van der Waals surface area contributed by atoms with E-state index in [0.717, 1.165) is 38.2 Å². The van der Waals surface area contributed by atoms with E-state index in [0.29, 0.717) is 10.6 Å². The van der Waals surface area contributed by atoms with Crippen LogP contribution in [0.2, 0.25) is 0 Å². The Morgan fingerprint density at radius 1 is 1.53 bits per heavy atom. The van der Waals surface area contributed by atoms with Crippen molar-refractivity contribution in [1.82, 2.24) is 4.90 Å². The third-order valence-electron chi connectivity index (χ3n) is 3.10. The molecule has 0 N–H and O–H groups in total. The summed E-state index contributed by atoms with van der Waals surface area (Å²) in [4.78, 5) is 2.32. The summed E-state index contributed by atoms with van der Waals surface area (Å²) < 4.78 is 19.6. The van der Waals surface area contributed by atoms with Gasteiger partial charge in [-0.15, -0.1) is 0 Å². The van der Waals surface area contributed by atoms with Gasteiger partial charge in [0.05, 0.1) is 17.2 Å². The maximum atomic E-state index is 13.4. The second-order valence-electron chi connectivity index (χ2n) is 4.35. The van der Waals surface area contributed by atoms with Crippen LogP contribution in [0.1, 0.15) is 18.9 Å². The minimum atomic E-state index is -0.192. The number of halogens is 2. The van der Waals surface area contributed by atoms with Crippen LogP contribution in [0.3, 0.4) is 0 Å². The Kier molecular flexibility index (Phi) is 4.54. The van der Waals surface area contributed by atoms with Crippen molar-refractivity contribution in [3.05, 3.63) is 34.1 Å². The van der Waals surface area contributed by atoms with E-state index in [1.54, 1.807) is 6.07 Å². The smallest absolute Gasteiger partial charge is 0.137 e. The molecule has 94 valence electrons. The molecular formula is C13H17BrFNO. The molecule has 2 rings (SSSR count). The molecule has 0 aliphatic carbocycles. The lowest BCUT2D eigenvalue weighted by Crippen LogP contribution is -2.41. The van der Waals surface area contributed by atoms with Crippen LogP contribution in [0.5, 0.6) is 0 Å². The molecule has 1 atom stereocenters. The van der Waals surface area contributed by atoms with E-state index in [2.05, 4.69) is 27.8 Å². The topological polar surface area (TPSA) is 12.5 Å². The molecule has 1 fully saturated rings. The number of morpholine rings is 1. The first kappa shape index (κ1) is 13.0. The van der Waals surface area contributed by atoms with E-state index in [-0.39, 0.29) is 5.82 Å². The normalized spacial score (nSPS) is 21.7. The number of ether oxygens (including phenoxy) is 1. The Labute approximate surface area is 110 Å². The summed E-state index contributed by atoms with van der Waals surface area (Å²) >= 11 is 3.31. The highest BCUT2D eigenvalue weighted by Gasteiger charge is 2.19. The fourth-order valence-corrected chi connectivity index (χ4v) is 2.47. The van der Waals surface area contributed by atoms with Crippen molar-refractivity contribution in [1.29, 1.82) is 0 Å². The van der Waals surface area contributed by atoms with Crippen molar-refractivity contribution in [2.75, 3.05) is 19.7 Å². The van der Waals surface area contributed by atoms with Crippen LogP contribution in [0.15, 0.2) is 22.7 Å². The molecule has 1 aliphatic rings. The van der Waals surface area contributed by atoms with E-state index in [1.807, 2.05) is 6.07 Å². The lowest BCUT2D eigenvalue weighted by atomic mass is 10.1. The molecule has 1 aliphatic heterocycles. The summed E-state index contributed by atoms with van der Waals surface area (Å²) in [5, 5.41) is 0. The lowest BCUT2D eigenvalue weighted by molar-refractivity contribution is -0.0325. The van der Waals surface area contributed by atoms with Gasteiger partial charge in [-0.1, -0.05) is 19.1 Å². The van der Waals surface area contributed by atoms with Gasteiger partial charge >= 0.3 is 0 Å². The van der Waals surface area contributed by atoms with Crippen LogP contribution in [0.4, 0.5) is 4.39 Å². The number of nitrogens with zero attached hydrogens (tertiary/aromatic N) is 1. The summed E-state index contributed by atoms with van der Waals surface area (Å²) in [6.07, 6.45) is 1.34. The maximum absolute atomic E-state index is 13.4. The van der Waals surface area contributed by atoms with Crippen molar-refractivity contribution in [3.63, 3.8) is 0 Å². The summed E-state index contributed by atoms with van der Waals surface area (Å²) in [6, 6.07) is 5.19. The molecule has 4 heteroatoms.